The molecule has 0 saturated carbocycles. The van der Waals surface area contributed by atoms with Crippen LogP contribution in [-0.2, 0) is 4.79 Å². The Bertz CT molecular complexity index is 895. The van der Waals surface area contributed by atoms with Crippen LogP contribution in [0, 0.1) is 11.6 Å². The minimum absolute atomic E-state index is 0.217. The fraction of sp³-hybridized carbons (Fsp3) is 0.176. The maximum absolute atomic E-state index is 13.6. The van der Waals surface area contributed by atoms with E-state index in [2.05, 4.69) is 10.3 Å². The zero-order chi connectivity index (χ0) is 17.1. The Morgan fingerprint density at radius 3 is 2.79 bits per heavy atom. The van der Waals surface area contributed by atoms with Crippen molar-refractivity contribution in [1.29, 1.82) is 0 Å². The number of amides is 1. The number of anilines is 1. The lowest BCUT2D eigenvalue weighted by atomic mass is 10.1. The van der Waals surface area contributed by atoms with Crippen molar-refractivity contribution in [2.24, 2.45) is 0 Å². The van der Waals surface area contributed by atoms with E-state index in [4.69, 9.17) is 11.6 Å². The topological polar surface area (TPSA) is 46.4 Å². The van der Waals surface area contributed by atoms with Crippen molar-refractivity contribution < 1.29 is 13.6 Å². The van der Waals surface area contributed by atoms with Crippen LogP contribution in [0.3, 0.4) is 0 Å². The van der Waals surface area contributed by atoms with E-state index in [1.165, 1.54) is 6.07 Å². The second-order valence-corrected chi connectivity index (χ2v) is 5.59. The average molecular weight is 350 g/mol. The molecule has 1 aromatic carbocycles. The summed E-state index contributed by atoms with van der Waals surface area (Å²) in [6, 6.07) is 8.88. The van der Waals surface area contributed by atoms with E-state index in [-0.39, 0.29) is 12.3 Å². The molecule has 0 fully saturated rings. The number of imidazole rings is 1. The molecule has 1 amide bonds. The van der Waals surface area contributed by atoms with Gasteiger partial charge in [0.1, 0.15) is 17.2 Å². The molecule has 2 heterocycles. The number of alkyl halides is 1. The van der Waals surface area contributed by atoms with E-state index in [0.717, 1.165) is 12.1 Å². The standard InChI is InChI=1S/C17H14ClF2N3O/c18-8-3-5-15(24)22-17-16(11-6-7-12(19)13(20)10-11)21-14-4-1-2-9-23(14)17/h1-2,4,6-7,9-10H,3,5,8H2,(H,22,24). The van der Waals surface area contributed by atoms with E-state index in [1.807, 2.05) is 0 Å². The highest BCUT2D eigenvalue weighted by molar-refractivity contribution is 6.18. The van der Waals surface area contributed by atoms with Gasteiger partial charge >= 0.3 is 0 Å². The lowest BCUT2D eigenvalue weighted by molar-refractivity contribution is -0.116. The molecule has 0 radical (unpaired) electrons. The third-order valence-electron chi connectivity index (χ3n) is 3.52. The Labute approximate surface area is 142 Å². The summed E-state index contributed by atoms with van der Waals surface area (Å²) in [5, 5.41) is 2.79. The van der Waals surface area contributed by atoms with E-state index in [1.54, 1.807) is 28.8 Å². The van der Waals surface area contributed by atoms with Gasteiger partial charge in [-0.2, -0.15) is 0 Å². The van der Waals surface area contributed by atoms with Crippen LogP contribution < -0.4 is 5.32 Å². The highest BCUT2D eigenvalue weighted by Crippen LogP contribution is 2.29. The summed E-state index contributed by atoms with van der Waals surface area (Å²) in [5.41, 5.74) is 1.34. The van der Waals surface area contributed by atoms with E-state index < -0.39 is 11.6 Å². The van der Waals surface area contributed by atoms with Gasteiger partial charge in [0.15, 0.2) is 11.6 Å². The molecule has 0 saturated heterocycles. The Balaban J connectivity index is 2.07. The largest absolute Gasteiger partial charge is 0.310 e. The van der Waals surface area contributed by atoms with Crippen molar-refractivity contribution in [3.05, 3.63) is 54.2 Å². The number of pyridine rings is 1. The van der Waals surface area contributed by atoms with E-state index >= 15 is 0 Å². The number of carbonyl (C=O) groups is 1. The van der Waals surface area contributed by atoms with Gasteiger partial charge < -0.3 is 5.32 Å². The summed E-state index contributed by atoms with van der Waals surface area (Å²) < 4.78 is 28.4. The Hall–Kier alpha value is -2.47. The average Bonchev–Trinajstić information content (AvgIpc) is 2.94. The van der Waals surface area contributed by atoms with Gasteiger partial charge in [-0.15, -0.1) is 11.6 Å². The SMILES string of the molecule is O=C(CCCCl)Nc1c(-c2ccc(F)c(F)c2)nc2ccccn12. The highest BCUT2D eigenvalue weighted by Gasteiger charge is 2.17. The van der Waals surface area contributed by atoms with Crippen molar-refractivity contribution in [1.82, 2.24) is 9.38 Å². The molecule has 4 nitrogen and oxygen atoms in total. The molecule has 3 rings (SSSR count). The molecule has 0 unspecified atom stereocenters. The molecule has 0 spiro atoms. The highest BCUT2D eigenvalue weighted by atomic mass is 35.5. The van der Waals surface area contributed by atoms with Crippen LogP contribution in [0.4, 0.5) is 14.6 Å². The molecule has 124 valence electrons. The Morgan fingerprint density at radius 1 is 1.21 bits per heavy atom. The zero-order valence-electron chi connectivity index (χ0n) is 12.6. The van der Waals surface area contributed by atoms with Gasteiger partial charge in [-0.1, -0.05) is 6.07 Å². The summed E-state index contributed by atoms with van der Waals surface area (Å²) in [6.07, 6.45) is 2.55. The summed E-state index contributed by atoms with van der Waals surface area (Å²) in [7, 11) is 0. The van der Waals surface area contributed by atoms with Crippen molar-refractivity contribution in [3.8, 4) is 11.3 Å². The Kier molecular flexibility index (Phi) is 4.76. The van der Waals surface area contributed by atoms with Gasteiger partial charge in [0.05, 0.1) is 0 Å². The lowest BCUT2D eigenvalue weighted by Crippen LogP contribution is -2.13. The third kappa shape index (κ3) is 3.23. The lowest BCUT2D eigenvalue weighted by Gasteiger charge is -2.07. The van der Waals surface area contributed by atoms with Crippen LogP contribution in [0.2, 0.25) is 0 Å². The second kappa shape index (κ2) is 6.97. The monoisotopic (exact) mass is 349 g/mol. The van der Waals surface area contributed by atoms with Crippen molar-refractivity contribution in [2.75, 3.05) is 11.2 Å². The van der Waals surface area contributed by atoms with E-state index in [0.29, 0.717) is 35.0 Å². The summed E-state index contributed by atoms with van der Waals surface area (Å²) >= 11 is 5.61. The molecule has 0 aliphatic heterocycles. The fourth-order valence-electron chi connectivity index (χ4n) is 2.38. The molecule has 0 atom stereocenters. The Morgan fingerprint density at radius 2 is 2.04 bits per heavy atom. The number of nitrogens with one attached hydrogen (secondary N) is 1. The predicted octanol–water partition coefficient (Wildman–Crippen LogP) is 4.24. The molecular weight excluding hydrogens is 336 g/mol. The number of halogens is 3. The molecule has 24 heavy (non-hydrogen) atoms. The number of benzene rings is 1. The minimum Gasteiger partial charge on any atom is -0.310 e. The predicted molar refractivity (Wildman–Crippen MR) is 89.1 cm³/mol. The maximum Gasteiger partial charge on any atom is 0.225 e. The first-order valence-electron chi connectivity index (χ1n) is 7.38. The molecule has 3 aromatic rings. The van der Waals surface area contributed by atoms with Crippen LogP contribution in [0.1, 0.15) is 12.8 Å². The van der Waals surface area contributed by atoms with Crippen molar-refractivity contribution >= 4 is 29.0 Å². The van der Waals surface area contributed by atoms with Gasteiger partial charge in [0.25, 0.3) is 0 Å². The third-order valence-corrected chi connectivity index (χ3v) is 3.79. The van der Waals surface area contributed by atoms with Crippen LogP contribution in [0.25, 0.3) is 16.9 Å². The fourth-order valence-corrected chi connectivity index (χ4v) is 2.52. The summed E-state index contributed by atoms with van der Waals surface area (Å²) in [6.45, 7) is 0. The normalized spacial score (nSPS) is 11.0. The number of fused-ring (bicyclic) bond motifs is 1. The van der Waals surface area contributed by atoms with Gasteiger partial charge in [0.2, 0.25) is 5.91 Å². The van der Waals surface area contributed by atoms with E-state index in [9.17, 15) is 13.6 Å². The molecule has 0 bridgehead atoms. The quantitative estimate of drug-likeness (QED) is 0.700. The van der Waals surface area contributed by atoms with Crippen molar-refractivity contribution in [3.63, 3.8) is 0 Å². The number of hydrogen-bond acceptors (Lipinski definition) is 2. The number of hydrogen-bond donors (Lipinski definition) is 1. The first-order valence-corrected chi connectivity index (χ1v) is 7.92. The zero-order valence-corrected chi connectivity index (χ0v) is 13.4. The first kappa shape index (κ1) is 16.4. The maximum atomic E-state index is 13.6. The second-order valence-electron chi connectivity index (χ2n) is 5.21. The number of carbonyl (C=O) groups excluding carboxylic acids is 1. The summed E-state index contributed by atoms with van der Waals surface area (Å²) in [5.74, 6) is -1.32. The first-order chi connectivity index (χ1) is 11.6. The van der Waals surface area contributed by atoms with Gasteiger partial charge in [-0.05, 0) is 36.8 Å². The van der Waals surface area contributed by atoms with Crippen LogP contribution in [-0.4, -0.2) is 21.2 Å². The molecular formula is C17H14ClF2N3O. The summed E-state index contributed by atoms with van der Waals surface area (Å²) in [4.78, 5) is 16.5. The number of rotatable bonds is 5. The number of nitrogens with zero attached hydrogens (tertiary/aromatic N) is 2. The van der Waals surface area contributed by atoms with Gasteiger partial charge in [-0.3, -0.25) is 9.20 Å². The van der Waals surface area contributed by atoms with Gasteiger partial charge in [-0.25, -0.2) is 13.8 Å². The van der Waals surface area contributed by atoms with Crippen molar-refractivity contribution in [2.45, 2.75) is 12.8 Å². The molecule has 0 aliphatic rings. The van der Waals surface area contributed by atoms with Crippen LogP contribution >= 0.6 is 11.6 Å². The number of aromatic nitrogens is 2. The molecule has 2 aromatic heterocycles. The van der Waals surface area contributed by atoms with Crippen LogP contribution in [0.5, 0.6) is 0 Å². The molecule has 7 heteroatoms. The van der Waals surface area contributed by atoms with Gasteiger partial charge in [0, 0.05) is 24.1 Å². The molecule has 1 N–H and O–H groups in total. The smallest absolute Gasteiger partial charge is 0.225 e. The minimum atomic E-state index is -0.969. The molecule has 0 aliphatic carbocycles. The van der Waals surface area contributed by atoms with Crippen LogP contribution in [0.15, 0.2) is 42.6 Å².